The third-order valence-electron chi connectivity index (χ3n) is 2.95. The Hall–Kier alpha value is -2.27. The maximum Gasteiger partial charge on any atom is 0.266 e. The molecule has 0 saturated carbocycles. The predicted octanol–water partition coefficient (Wildman–Crippen LogP) is 3.04. The molecule has 0 bridgehead atoms. The summed E-state index contributed by atoms with van der Waals surface area (Å²) in [5.41, 5.74) is 0.659. The van der Waals surface area contributed by atoms with E-state index in [1.165, 1.54) is 12.5 Å². The van der Waals surface area contributed by atoms with E-state index < -0.39 is 16.1 Å². The molecule has 2 aromatic rings. The normalized spacial score (nSPS) is 14.8. The zero-order valence-corrected chi connectivity index (χ0v) is 11.3. The second kappa shape index (κ2) is 5.02. The van der Waals surface area contributed by atoms with Gasteiger partial charge in [-0.15, -0.1) is 0 Å². The smallest absolute Gasteiger partial charge is 0.266 e. The van der Waals surface area contributed by atoms with Gasteiger partial charge in [-0.1, -0.05) is 30.3 Å². The van der Waals surface area contributed by atoms with Crippen molar-refractivity contribution in [2.75, 3.05) is 0 Å². The van der Waals surface area contributed by atoms with Crippen LogP contribution in [-0.4, -0.2) is 8.42 Å². The van der Waals surface area contributed by atoms with Gasteiger partial charge in [0, 0.05) is 5.56 Å². The topological polar surface area (TPSA) is 52.6 Å². The van der Waals surface area contributed by atoms with E-state index >= 15 is 0 Å². The van der Waals surface area contributed by atoms with Gasteiger partial charge in [0.1, 0.15) is 12.5 Å². The molecule has 0 atom stereocenters. The van der Waals surface area contributed by atoms with Crippen molar-refractivity contribution < 1.29 is 17.9 Å². The lowest BCUT2D eigenvalue weighted by Gasteiger charge is -2.12. The van der Waals surface area contributed by atoms with Crippen LogP contribution in [0.3, 0.4) is 0 Å². The van der Waals surface area contributed by atoms with E-state index in [2.05, 4.69) is 0 Å². The summed E-state index contributed by atoms with van der Waals surface area (Å²) in [6, 6.07) is 14.9. The van der Waals surface area contributed by atoms with Crippen molar-refractivity contribution in [1.82, 2.24) is 0 Å². The lowest BCUT2D eigenvalue weighted by molar-refractivity contribution is -0.0247. The molecule has 2 aromatic carbocycles. The van der Waals surface area contributed by atoms with Gasteiger partial charge < -0.3 is 9.47 Å². The van der Waals surface area contributed by atoms with Crippen LogP contribution in [0.25, 0.3) is 0 Å². The van der Waals surface area contributed by atoms with Crippen LogP contribution >= 0.6 is 0 Å². The molecule has 1 heterocycles. The van der Waals surface area contributed by atoms with Gasteiger partial charge in [0.25, 0.3) is 6.29 Å². The fraction of sp³-hybridized carbons (Fsp3) is 0.0667. The average Bonchev–Trinajstić information content (AvgIpc) is 3.03. The van der Waals surface area contributed by atoms with Crippen LogP contribution in [0, 0.1) is 0 Å². The highest BCUT2D eigenvalue weighted by Gasteiger charge is 2.21. The summed E-state index contributed by atoms with van der Waals surface area (Å²) in [7, 11) is -3.52. The molecule has 0 radical (unpaired) electrons. The molecule has 0 fully saturated rings. The van der Waals surface area contributed by atoms with Gasteiger partial charge in [0.15, 0.2) is 0 Å². The molecule has 0 aliphatic carbocycles. The Bertz CT molecular complexity index is 727. The molecule has 20 heavy (non-hydrogen) atoms. The maximum atomic E-state index is 12.5. The SMILES string of the molecule is O=S(=O)(c1ccccc1)c1cccc(C2OC=CO2)c1. The minimum Gasteiger partial charge on any atom is -0.455 e. The van der Waals surface area contributed by atoms with E-state index in [4.69, 9.17) is 9.47 Å². The molecule has 0 unspecified atom stereocenters. The second-order valence-corrected chi connectivity index (χ2v) is 6.21. The Morgan fingerprint density at radius 3 is 2.15 bits per heavy atom. The third-order valence-corrected chi connectivity index (χ3v) is 4.72. The lowest BCUT2D eigenvalue weighted by atomic mass is 10.2. The zero-order valence-electron chi connectivity index (χ0n) is 10.5. The van der Waals surface area contributed by atoms with Crippen LogP contribution in [-0.2, 0) is 19.3 Å². The molecule has 0 N–H and O–H groups in total. The average molecular weight is 288 g/mol. The number of rotatable bonds is 3. The molecule has 0 saturated heterocycles. The number of hydrogen-bond donors (Lipinski definition) is 0. The maximum absolute atomic E-state index is 12.5. The van der Waals surface area contributed by atoms with Gasteiger partial charge in [-0.25, -0.2) is 8.42 Å². The first-order chi connectivity index (χ1) is 9.68. The fourth-order valence-electron chi connectivity index (χ4n) is 1.96. The Balaban J connectivity index is 2.00. The quantitative estimate of drug-likeness (QED) is 0.871. The standard InChI is InChI=1S/C15H12O4S/c16-20(17,13-6-2-1-3-7-13)14-8-4-5-12(11-14)15-18-9-10-19-15/h1-11,15H. The zero-order chi connectivity index (χ0) is 14.0. The summed E-state index contributed by atoms with van der Waals surface area (Å²) < 4.78 is 35.4. The highest BCUT2D eigenvalue weighted by atomic mass is 32.2. The first-order valence-electron chi connectivity index (χ1n) is 6.04. The van der Waals surface area contributed by atoms with Gasteiger partial charge >= 0.3 is 0 Å². The van der Waals surface area contributed by atoms with Crippen molar-refractivity contribution in [3.63, 3.8) is 0 Å². The Labute approximate surface area is 117 Å². The summed E-state index contributed by atoms with van der Waals surface area (Å²) in [4.78, 5) is 0.490. The van der Waals surface area contributed by atoms with E-state index in [0.29, 0.717) is 5.56 Å². The molecule has 0 spiro atoms. The van der Waals surface area contributed by atoms with Crippen LogP contribution in [0.5, 0.6) is 0 Å². The molecule has 0 aromatic heterocycles. The summed E-state index contributed by atoms with van der Waals surface area (Å²) >= 11 is 0. The molecule has 5 heteroatoms. The monoisotopic (exact) mass is 288 g/mol. The number of benzene rings is 2. The van der Waals surface area contributed by atoms with Gasteiger partial charge in [0.05, 0.1) is 9.79 Å². The summed E-state index contributed by atoms with van der Waals surface area (Å²) in [5, 5.41) is 0. The third kappa shape index (κ3) is 2.28. The van der Waals surface area contributed by atoms with E-state index in [9.17, 15) is 8.42 Å². The second-order valence-electron chi connectivity index (χ2n) is 4.27. The molecule has 3 rings (SSSR count). The molecule has 4 nitrogen and oxygen atoms in total. The summed E-state index contributed by atoms with van der Waals surface area (Å²) in [5.74, 6) is 0. The molecular weight excluding hydrogens is 276 g/mol. The predicted molar refractivity (Wildman–Crippen MR) is 72.4 cm³/mol. The van der Waals surface area contributed by atoms with Crippen molar-refractivity contribution >= 4 is 9.84 Å². The number of ether oxygens (including phenoxy) is 2. The van der Waals surface area contributed by atoms with E-state index in [1.54, 1.807) is 54.6 Å². The fourth-order valence-corrected chi connectivity index (χ4v) is 3.30. The van der Waals surface area contributed by atoms with E-state index in [1.807, 2.05) is 0 Å². The molecule has 1 aliphatic rings. The van der Waals surface area contributed by atoms with E-state index in [-0.39, 0.29) is 9.79 Å². The molecule has 1 aliphatic heterocycles. The van der Waals surface area contributed by atoms with E-state index in [0.717, 1.165) is 0 Å². The van der Waals surface area contributed by atoms with Crippen molar-refractivity contribution in [1.29, 1.82) is 0 Å². The lowest BCUT2D eigenvalue weighted by Crippen LogP contribution is -2.04. The van der Waals surface area contributed by atoms with Crippen molar-refractivity contribution in [3.8, 4) is 0 Å². The molecule has 102 valence electrons. The van der Waals surface area contributed by atoms with Crippen molar-refractivity contribution in [2.24, 2.45) is 0 Å². The summed E-state index contributed by atoms with van der Waals surface area (Å²) in [6.45, 7) is 0. The number of hydrogen-bond acceptors (Lipinski definition) is 4. The van der Waals surface area contributed by atoms with Crippen LogP contribution in [0.1, 0.15) is 11.9 Å². The van der Waals surface area contributed by atoms with Gasteiger partial charge in [-0.3, -0.25) is 0 Å². The number of sulfone groups is 1. The van der Waals surface area contributed by atoms with Gasteiger partial charge in [-0.2, -0.15) is 0 Å². The van der Waals surface area contributed by atoms with Crippen LogP contribution in [0.15, 0.2) is 76.9 Å². The van der Waals surface area contributed by atoms with Gasteiger partial charge in [-0.05, 0) is 24.3 Å². The minimum atomic E-state index is -3.52. The Morgan fingerprint density at radius 1 is 0.800 bits per heavy atom. The van der Waals surface area contributed by atoms with Crippen LogP contribution < -0.4 is 0 Å². The first kappa shape index (κ1) is 12.7. The van der Waals surface area contributed by atoms with Crippen LogP contribution in [0.2, 0.25) is 0 Å². The largest absolute Gasteiger partial charge is 0.455 e. The van der Waals surface area contributed by atoms with Crippen molar-refractivity contribution in [3.05, 3.63) is 72.7 Å². The molecule has 0 amide bonds. The highest BCUT2D eigenvalue weighted by molar-refractivity contribution is 7.91. The van der Waals surface area contributed by atoms with Crippen LogP contribution in [0.4, 0.5) is 0 Å². The summed E-state index contributed by atoms with van der Waals surface area (Å²) in [6.07, 6.45) is 2.28. The van der Waals surface area contributed by atoms with Gasteiger partial charge in [0.2, 0.25) is 9.84 Å². The highest BCUT2D eigenvalue weighted by Crippen LogP contribution is 2.28. The molecular formula is C15H12O4S. The first-order valence-corrected chi connectivity index (χ1v) is 7.52. The van der Waals surface area contributed by atoms with Crippen molar-refractivity contribution in [2.45, 2.75) is 16.1 Å². The Morgan fingerprint density at radius 2 is 1.45 bits per heavy atom. The Kier molecular flexibility index (Phi) is 3.20. The minimum absolute atomic E-state index is 0.223.